The number of amides is 6. The summed E-state index contributed by atoms with van der Waals surface area (Å²) in [6.45, 7) is -2.49. The Balaban J connectivity index is 1.79. The molecule has 3 rings (SSSR count). The molecular formula is C32H49N7O19P2. The van der Waals surface area contributed by atoms with E-state index in [4.69, 9.17) is 5.73 Å². The topological polar surface area (TPSA) is 415 Å². The number of hydrogen-bond donors (Lipinski definition) is 13. The molecule has 336 valence electrons. The molecule has 0 aromatic heterocycles. The van der Waals surface area contributed by atoms with Crippen LogP contribution < -0.4 is 27.0 Å². The number of carboxylic acid groups (broad SMARTS) is 1. The van der Waals surface area contributed by atoms with Gasteiger partial charge in [0.15, 0.2) is 0 Å². The van der Waals surface area contributed by atoms with Crippen LogP contribution in [0.5, 0.6) is 5.75 Å². The highest BCUT2D eigenvalue weighted by Crippen LogP contribution is 2.37. The molecule has 0 radical (unpaired) electrons. The first-order chi connectivity index (χ1) is 27.9. The first-order valence-corrected chi connectivity index (χ1v) is 21.3. The molecule has 2 heterocycles. The highest BCUT2D eigenvalue weighted by Gasteiger charge is 2.43. The van der Waals surface area contributed by atoms with E-state index in [1.807, 2.05) is 0 Å². The summed E-state index contributed by atoms with van der Waals surface area (Å²) in [5, 5.41) is 47.2. The number of phenolic OH excluding ortho intramolecular Hbond substituents is 1. The molecule has 26 nitrogen and oxygen atoms in total. The first kappa shape index (κ1) is 49.8. The van der Waals surface area contributed by atoms with Crippen LogP contribution in [0, 0.1) is 0 Å². The smallest absolute Gasteiger partial charge is 0.469 e. The molecule has 1 aromatic carbocycles. The predicted octanol–water partition coefficient (Wildman–Crippen LogP) is -5.14. The van der Waals surface area contributed by atoms with Gasteiger partial charge in [0.25, 0.3) is 0 Å². The van der Waals surface area contributed by atoms with Gasteiger partial charge in [0.2, 0.25) is 35.4 Å². The van der Waals surface area contributed by atoms with Gasteiger partial charge in [-0.15, -0.1) is 0 Å². The lowest BCUT2D eigenvalue weighted by atomic mass is 10.1. The lowest BCUT2D eigenvalue weighted by molar-refractivity contribution is -0.146. The van der Waals surface area contributed by atoms with E-state index in [9.17, 15) is 82.7 Å². The minimum absolute atomic E-state index is 0.0130. The Hall–Kier alpha value is -4.59. The van der Waals surface area contributed by atoms with Crippen LogP contribution in [0.2, 0.25) is 0 Å². The van der Waals surface area contributed by atoms with Gasteiger partial charge >= 0.3 is 21.6 Å². The normalized spacial score (nSPS) is 19.9. The van der Waals surface area contributed by atoms with Crippen molar-refractivity contribution in [2.45, 2.75) is 87.4 Å². The monoisotopic (exact) mass is 897 g/mol. The van der Waals surface area contributed by atoms with Crippen molar-refractivity contribution in [1.82, 2.24) is 31.1 Å². The zero-order valence-corrected chi connectivity index (χ0v) is 33.7. The molecule has 60 heavy (non-hydrogen) atoms. The average Bonchev–Trinajstić information content (AvgIpc) is 3.86. The van der Waals surface area contributed by atoms with E-state index >= 15 is 0 Å². The number of aromatic hydroxyl groups is 1. The molecule has 0 spiro atoms. The second-order valence-electron chi connectivity index (χ2n) is 13.9. The Morgan fingerprint density at radius 3 is 1.63 bits per heavy atom. The summed E-state index contributed by atoms with van der Waals surface area (Å²) in [7, 11) is -10.5. The summed E-state index contributed by atoms with van der Waals surface area (Å²) in [4.78, 5) is 131. The number of carbonyl (C=O) groups is 7. The molecular weight excluding hydrogens is 848 g/mol. The number of carbonyl (C=O) groups excluding carboxylic acids is 6. The molecule has 6 amide bonds. The molecule has 0 aliphatic carbocycles. The zero-order chi connectivity index (χ0) is 45.1. The summed E-state index contributed by atoms with van der Waals surface area (Å²) in [6.07, 6.45) is -1.54. The van der Waals surface area contributed by atoms with E-state index < -0.39 is 125 Å². The number of nitrogens with one attached hydrogen (secondary N) is 4. The number of rotatable bonds is 21. The predicted molar refractivity (Wildman–Crippen MR) is 199 cm³/mol. The number of phosphoric acid groups is 2. The summed E-state index contributed by atoms with van der Waals surface area (Å²) in [5.74, 6) is -8.15. The largest absolute Gasteiger partial charge is 0.508 e. The lowest BCUT2D eigenvalue weighted by Gasteiger charge is -2.32. The minimum atomic E-state index is -5.30. The van der Waals surface area contributed by atoms with Crippen LogP contribution in [-0.2, 0) is 58.2 Å². The van der Waals surface area contributed by atoms with Crippen molar-refractivity contribution >= 4 is 57.1 Å². The van der Waals surface area contributed by atoms with Crippen molar-refractivity contribution in [3.8, 4) is 5.75 Å². The molecule has 2 aliphatic heterocycles. The number of likely N-dealkylation sites (tertiary alicyclic amines) is 2. The molecule has 2 aliphatic rings. The van der Waals surface area contributed by atoms with Crippen LogP contribution in [0.3, 0.4) is 0 Å². The SMILES string of the molecule is C[C@@H](O)[C@H](NC(=O)[C@@H]1CCCN1C(=O)[C@H](COP(=O)(O)O)NC(=O)[C@@H](N)Cc1ccc(O)cc1)C(=O)N[C@@H](COP(=O)(O)O)C(=O)N1CCC[C@H]1C(=O)N[C@@H](CO)C(=O)O. The Labute approximate surface area is 341 Å². The van der Waals surface area contributed by atoms with Crippen molar-refractivity contribution in [2.24, 2.45) is 5.73 Å². The maximum absolute atomic E-state index is 13.8. The number of aliphatic hydroxyl groups excluding tert-OH is 2. The van der Waals surface area contributed by atoms with Crippen LogP contribution in [0.15, 0.2) is 24.3 Å². The van der Waals surface area contributed by atoms with Gasteiger partial charge in [-0.1, -0.05) is 12.1 Å². The van der Waals surface area contributed by atoms with Gasteiger partial charge in [-0.25, -0.2) is 13.9 Å². The maximum atomic E-state index is 13.8. The Morgan fingerprint density at radius 2 is 1.22 bits per heavy atom. The fraction of sp³-hybridized carbons (Fsp3) is 0.594. The van der Waals surface area contributed by atoms with Crippen LogP contribution in [-0.4, -0.2) is 173 Å². The molecule has 1 aromatic rings. The molecule has 0 saturated carbocycles. The van der Waals surface area contributed by atoms with Crippen molar-refractivity contribution in [2.75, 3.05) is 32.9 Å². The number of carboxylic acids is 1. The molecule has 14 N–H and O–H groups in total. The van der Waals surface area contributed by atoms with Gasteiger partial charge in [0, 0.05) is 13.1 Å². The second kappa shape index (κ2) is 21.8. The molecule has 0 unspecified atom stereocenters. The van der Waals surface area contributed by atoms with Crippen LogP contribution in [0.25, 0.3) is 0 Å². The Kier molecular flexibility index (Phi) is 18.1. The van der Waals surface area contributed by atoms with Crippen LogP contribution >= 0.6 is 15.6 Å². The molecule has 2 fully saturated rings. The molecule has 28 heteroatoms. The molecule has 2 saturated heterocycles. The van der Waals surface area contributed by atoms with Crippen molar-refractivity contribution in [1.29, 1.82) is 0 Å². The summed E-state index contributed by atoms with van der Waals surface area (Å²) in [5.41, 5.74) is 6.52. The highest BCUT2D eigenvalue weighted by molar-refractivity contribution is 7.46. The van der Waals surface area contributed by atoms with E-state index in [0.717, 1.165) is 16.7 Å². The van der Waals surface area contributed by atoms with Gasteiger partial charge in [-0.2, -0.15) is 0 Å². The number of phosphoric ester groups is 2. The van der Waals surface area contributed by atoms with Crippen molar-refractivity contribution in [3.05, 3.63) is 29.8 Å². The van der Waals surface area contributed by atoms with Gasteiger partial charge in [-0.3, -0.25) is 37.8 Å². The van der Waals surface area contributed by atoms with E-state index in [2.05, 4.69) is 30.3 Å². The summed E-state index contributed by atoms with van der Waals surface area (Å²) in [6, 6.07) is -5.87. The fourth-order valence-electron chi connectivity index (χ4n) is 6.33. The number of nitrogens with zero attached hydrogens (tertiary/aromatic N) is 2. The third-order valence-electron chi connectivity index (χ3n) is 9.31. The van der Waals surface area contributed by atoms with Gasteiger partial charge in [0.1, 0.15) is 42.0 Å². The van der Waals surface area contributed by atoms with E-state index in [0.29, 0.717) is 5.56 Å². The van der Waals surface area contributed by atoms with Crippen LogP contribution in [0.4, 0.5) is 0 Å². The Bertz CT molecular complexity index is 1830. The van der Waals surface area contributed by atoms with E-state index in [1.165, 1.54) is 24.3 Å². The third kappa shape index (κ3) is 14.8. The number of nitrogens with two attached hydrogens (primary N) is 1. The first-order valence-electron chi connectivity index (χ1n) is 18.2. The lowest BCUT2D eigenvalue weighted by Crippen LogP contribution is -2.62. The summed E-state index contributed by atoms with van der Waals surface area (Å²) >= 11 is 0. The fourth-order valence-corrected chi connectivity index (χ4v) is 7.01. The number of hydrogen-bond acceptors (Lipinski definition) is 15. The number of aliphatic hydroxyl groups is 2. The van der Waals surface area contributed by atoms with Gasteiger partial charge in [-0.05, 0) is 56.7 Å². The number of benzene rings is 1. The molecule has 8 atom stereocenters. The second-order valence-corrected chi connectivity index (χ2v) is 16.3. The zero-order valence-electron chi connectivity index (χ0n) is 31.9. The van der Waals surface area contributed by atoms with Crippen molar-refractivity contribution in [3.63, 3.8) is 0 Å². The standard InChI is InChI=1S/C32H49N7O19P2/c1-16(41)25(29(46)36-22(15-58-60(54,55)56)31(48)38-10-2-4-23(38)27(44)34-20(13-40)32(49)50)37-28(45)24-5-3-11-39(24)30(47)21(14-57-59(51,52)53)35-26(43)19(33)12-17-6-8-18(42)9-7-17/h6-9,16,19-25,40-42H,2-5,10-15,33H2,1H3,(H,34,44)(H,35,43)(H,36,46)(H,37,45)(H,49,50)(H2,51,52,53)(H2,54,55,56)/t16-,19+,20+,21+,22+,23+,24+,25+/m1/s1. The maximum Gasteiger partial charge on any atom is 0.469 e. The third-order valence-corrected chi connectivity index (χ3v) is 10.3. The number of aliphatic carboxylic acids is 1. The minimum Gasteiger partial charge on any atom is -0.508 e. The summed E-state index contributed by atoms with van der Waals surface area (Å²) < 4.78 is 32.1. The highest BCUT2D eigenvalue weighted by atomic mass is 31.2. The Morgan fingerprint density at radius 1 is 0.767 bits per heavy atom. The van der Waals surface area contributed by atoms with Crippen LogP contribution in [0.1, 0.15) is 38.2 Å². The van der Waals surface area contributed by atoms with Gasteiger partial charge in [0.05, 0.1) is 32.0 Å². The van der Waals surface area contributed by atoms with Gasteiger partial charge < -0.3 is 76.8 Å². The quantitative estimate of drug-likeness (QED) is 0.0513. The van der Waals surface area contributed by atoms with E-state index in [1.54, 1.807) is 0 Å². The number of phenols is 1. The van der Waals surface area contributed by atoms with Crippen molar-refractivity contribution < 1.29 is 91.7 Å². The average molecular weight is 898 g/mol. The molecule has 0 bridgehead atoms. The van der Waals surface area contributed by atoms with E-state index in [-0.39, 0.29) is 50.9 Å².